The van der Waals surface area contributed by atoms with Crippen molar-refractivity contribution in [1.29, 1.82) is 0 Å². The van der Waals surface area contributed by atoms with Gasteiger partial charge in [-0.1, -0.05) is 38.3 Å². The van der Waals surface area contributed by atoms with Crippen molar-refractivity contribution in [2.45, 2.75) is 43.9 Å². The van der Waals surface area contributed by atoms with Gasteiger partial charge in [0.1, 0.15) is 0 Å². The van der Waals surface area contributed by atoms with E-state index in [0.717, 1.165) is 25.1 Å². The number of rotatable bonds is 6. The third-order valence-electron chi connectivity index (χ3n) is 4.09. The van der Waals surface area contributed by atoms with Gasteiger partial charge in [0.25, 0.3) is 0 Å². The summed E-state index contributed by atoms with van der Waals surface area (Å²) in [6.07, 6.45) is 6.14. The lowest BCUT2D eigenvalue weighted by molar-refractivity contribution is 0.0943. The Hall–Kier alpha value is -0.670. The molecule has 1 aromatic carbocycles. The largest absolute Gasteiger partial charge is 0.396 e. The molecule has 2 nitrogen and oxygen atoms in total. The standard InChI is InChI=1S/C16H25NOS/c1-2-19-15-9-5-4-8-14(15)17-12-16(13-18)10-6-3-7-11-16/h4-5,8-9,17-18H,2-3,6-7,10-13H2,1H3. The fraction of sp³-hybridized carbons (Fsp3) is 0.625. The number of aliphatic hydroxyl groups excluding tert-OH is 1. The zero-order valence-corrected chi connectivity index (χ0v) is 12.6. The van der Waals surface area contributed by atoms with Crippen LogP contribution in [0.2, 0.25) is 0 Å². The summed E-state index contributed by atoms with van der Waals surface area (Å²) in [6.45, 7) is 3.38. The van der Waals surface area contributed by atoms with Crippen LogP contribution in [0.3, 0.4) is 0 Å². The van der Waals surface area contributed by atoms with Crippen LogP contribution in [0.5, 0.6) is 0 Å². The van der Waals surface area contributed by atoms with E-state index >= 15 is 0 Å². The summed E-state index contributed by atoms with van der Waals surface area (Å²) in [5.74, 6) is 1.09. The summed E-state index contributed by atoms with van der Waals surface area (Å²) < 4.78 is 0. The monoisotopic (exact) mass is 279 g/mol. The van der Waals surface area contributed by atoms with E-state index in [1.54, 1.807) is 0 Å². The van der Waals surface area contributed by atoms with Crippen LogP contribution in [0.1, 0.15) is 39.0 Å². The molecule has 0 heterocycles. The lowest BCUT2D eigenvalue weighted by Gasteiger charge is -2.36. The molecule has 1 aromatic rings. The van der Waals surface area contributed by atoms with E-state index in [1.165, 1.54) is 29.8 Å². The average molecular weight is 279 g/mol. The second-order valence-electron chi connectivity index (χ2n) is 5.50. The maximum Gasteiger partial charge on any atom is 0.0504 e. The molecule has 106 valence electrons. The maximum absolute atomic E-state index is 9.75. The van der Waals surface area contributed by atoms with E-state index in [9.17, 15) is 5.11 Å². The third kappa shape index (κ3) is 3.90. The molecule has 19 heavy (non-hydrogen) atoms. The highest BCUT2D eigenvalue weighted by molar-refractivity contribution is 7.99. The molecule has 0 radical (unpaired) electrons. The van der Waals surface area contributed by atoms with E-state index in [1.807, 2.05) is 11.8 Å². The van der Waals surface area contributed by atoms with Gasteiger partial charge in [-0.05, 0) is 30.7 Å². The van der Waals surface area contributed by atoms with E-state index in [2.05, 4.69) is 36.5 Å². The average Bonchev–Trinajstić information content (AvgIpc) is 2.48. The first kappa shape index (κ1) is 14.7. The quantitative estimate of drug-likeness (QED) is 0.767. The van der Waals surface area contributed by atoms with Gasteiger partial charge in [-0.3, -0.25) is 0 Å². The summed E-state index contributed by atoms with van der Waals surface area (Å²) in [6, 6.07) is 8.48. The second-order valence-corrected chi connectivity index (χ2v) is 6.81. The SMILES string of the molecule is CCSc1ccccc1NCC1(CO)CCCCC1. The number of benzene rings is 1. The Balaban J connectivity index is 2.00. The van der Waals surface area contributed by atoms with Crippen LogP contribution in [-0.4, -0.2) is 24.0 Å². The number of anilines is 1. The summed E-state index contributed by atoms with van der Waals surface area (Å²) in [4.78, 5) is 1.31. The molecule has 1 saturated carbocycles. The zero-order valence-electron chi connectivity index (χ0n) is 11.8. The lowest BCUT2D eigenvalue weighted by atomic mass is 9.74. The molecule has 0 atom stereocenters. The number of hydrogen-bond donors (Lipinski definition) is 2. The Labute approximate surface area is 121 Å². The molecule has 3 heteroatoms. The molecule has 0 saturated heterocycles. The minimum absolute atomic E-state index is 0.0994. The van der Waals surface area contributed by atoms with E-state index in [0.29, 0.717) is 6.61 Å². The lowest BCUT2D eigenvalue weighted by Crippen LogP contribution is -2.35. The molecule has 2 N–H and O–H groups in total. The molecule has 1 fully saturated rings. The number of para-hydroxylation sites is 1. The second kappa shape index (κ2) is 7.20. The minimum Gasteiger partial charge on any atom is -0.396 e. The topological polar surface area (TPSA) is 32.3 Å². The molecule has 1 aliphatic carbocycles. The van der Waals surface area contributed by atoms with Gasteiger partial charge in [0.15, 0.2) is 0 Å². The smallest absolute Gasteiger partial charge is 0.0504 e. The Morgan fingerprint density at radius 1 is 1.21 bits per heavy atom. The van der Waals surface area contributed by atoms with Crippen LogP contribution in [0, 0.1) is 5.41 Å². The van der Waals surface area contributed by atoms with Crippen molar-refractivity contribution in [2.24, 2.45) is 5.41 Å². The molecule has 0 amide bonds. The predicted octanol–water partition coefficient (Wildman–Crippen LogP) is 4.15. The van der Waals surface area contributed by atoms with Gasteiger partial charge < -0.3 is 10.4 Å². The molecule has 1 aliphatic rings. The first-order chi connectivity index (χ1) is 9.29. The van der Waals surface area contributed by atoms with Crippen LogP contribution in [0.15, 0.2) is 29.2 Å². The maximum atomic E-state index is 9.75. The normalized spacial score (nSPS) is 18.2. The number of nitrogens with one attached hydrogen (secondary N) is 1. The van der Waals surface area contributed by atoms with Crippen molar-refractivity contribution in [3.8, 4) is 0 Å². The molecule has 0 unspecified atom stereocenters. The fourth-order valence-electron chi connectivity index (χ4n) is 2.87. The molecule has 0 aromatic heterocycles. The summed E-state index contributed by atoms with van der Waals surface area (Å²) in [5.41, 5.74) is 1.31. The van der Waals surface area contributed by atoms with E-state index in [4.69, 9.17) is 0 Å². The molecule has 2 rings (SSSR count). The van der Waals surface area contributed by atoms with Gasteiger partial charge >= 0.3 is 0 Å². The Bertz CT molecular complexity index is 388. The molecule has 0 spiro atoms. The van der Waals surface area contributed by atoms with Crippen LogP contribution in [-0.2, 0) is 0 Å². The van der Waals surface area contributed by atoms with E-state index < -0.39 is 0 Å². The van der Waals surface area contributed by atoms with Gasteiger partial charge in [0.2, 0.25) is 0 Å². The van der Waals surface area contributed by atoms with Crippen LogP contribution >= 0.6 is 11.8 Å². The molecule has 0 aliphatic heterocycles. The zero-order chi connectivity index (χ0) is 13.6. The van der Waals surface area contributed by atoms with Gasteiger partial charge in [-0.25, -0.2) is 0 Å². The van der Waals surface area contributed by atoms with Crippen LogP contribution < -0.4 is 5.32 Å². The highest BCUT2D eigenvalue weighted by atomic mass is 32.2. The Kier molecular flexibility index (Phi) is 5.59. The van der Waals surface area contributed by atoms with Crippen LogP contribution in [0.4, 0.5) is 5.69 Å². The first-order valence-electron chi connectivity index (χ1n) is 7.36. The van der Waals surface area contributed by atoms with Gasteiger partial charge in [-0.2, -0.15) is 0 Å². The van der Waals surface area contributed by atoms with Crippen molar-refractivity contribution in [3.63, 3.8) is 0 Å². The van der Waals surface area contributed by atoms with E-state index in [-0.39, 0.29) is 5.41 Å². The number of hydrogen-bond acceptors (Lipinski definition) is 3. The fourth-order valence-corrected chi connectivity index (χ4v) is 3.65. The van der Waals surface area contributed by atoms with Gasteiger partial charge in [0, 0.05) is 22.5 Å². The van der Waals surface area contributed by atoms with Gasteiger partial charge in [-0.15, -0.1) is 11.8 Å². The van der Waals surface area contributed by atoms with Crippen LogP contribution in [0.25, 0.3) is 0 Å². The summed E-state index contributed by atoms with van der Waals surface area (Å²) in [5, 5.41) is 13.3. The van der Waals surface area contributed by atoms with Crippen molar-refractivity contribution in [1.82, 2.24) is 0 Å². The van der Waals surface area contributed by atoms with Gasteiger partial charge in [0.05, 0.1) is 6.61 Å². The highest BCUT2D eigenvalue weighted by Crippen LogP contribution is 2.37. The van der Waals surface area contributed by atoms with Crippen molar-refractivity contribution >= 4 is 17.4 Å². The Morgan fingerprint density at radius 2 is 1.95 bits per heavy atom. The molecular formula is C16H25NOS. The van der Waals surface area contributed by atoms with Crippen molar-refractivity contribution in [3.05, 3.63) is 24.3 Å². The Morgan fingerprint density at radius 3 is 2.63 bits per heavy atom. The number of aliphatic hydroxyl groups is 1. The minimum atomic E-state index is 0.0994. The molecule has 0 bridgehead atoms. The number of thioether (sulfide) groups is 1. The first-order valence-corrected chi connectivity index (χ1v) is 8.35. The molecular weight excluding hydrogens is 254 g/mol. The van der Waals surface area contributed by atoms with Crippen molar-refractivity contribution in [2.75, 3.05) is 24.2 Å². The summed E-state index contributed by atoms with van der Waals surface area (Å²) >= 11 is 1.87. The highest BCUT2D eigenvalue weighted by Gasteiger charge is 2.31. The summed E-state index contributed by atoms with van der Waals surface area (Å²) in [7, 11) is 0. The predicted molar refractivity (Wildman–Crippen MR) is 83.9 cm³/mol. The third-order valence-corrected chi connectivity index (χ3v) is 5.05. The van der Waals surface area contributed by atoms with Crippen molar-refractivity contribution < 1.29 is 5.11 Å².